The number of H-pyrrole nitrogens is 1. The van der Waals surface area contributed by atoms with Crippen molar-refractivity contribution < 1.29 is 4.42 Å². The maximum atomic E-state index is 13.1. The van der Waals surface area contributed by atoms with E-state index in [4.69, 9.17) is 9.40 Å². The van der Waals surface area contributed by atoms with Gasteiger partial charge in [-0.1, -0.05) is 55.4 Å². The zero-order valence-corrected chi connectivity index (χ0v) is 21.1. The van der Waals surface area contributed by atoms with Crippen molar-refractivity contribution in [1.29, 1.82) is 0 Å². The van der Waals surface area contributed by atoms with Crippen LogP contribution < -0.4 is 5.56 Å². The molecule has 9 heteroatoms. The number of hydrogen-bond donors (Lipinski definition) is 1. The summed E-state index contributed by atoms with van der Waals surface area (Å²) in [7, 11) is 0. The number of aromatic nitrogens is 5. The molecule has 0 aliphatic rings. The minimum Gasteiger partial charge on any atom is -0.461 e. The van der Waals surface area contributed by atoms with Crippen LogP contribution in [-0.4, -0.2) is 24.7 Å². The Morgan fingerprint density at radius 1 is 1.15 bits per heavy atom. The van der Waals surface area contributed by atoms with Crippen LogP contribution in [-0.2, 0) is 12.3 Å². The van der Waals surface area contributed by atoms with Gasteiger partial charge in [0.15, 0.2) is 16.7 Å². The average Bonchev–Trinajstić information content (AvgIpc) is 3.52. The molecule has 0 aliphatic heterocycles. The van der Waals surface area contributed by atoms with Gasteiger partial charge >= 0.3 is 0 Å². The molecular weight excluding hydrogens is 466 g/mol. The van der Waals surface area contributed by atoms with Crippen molar-refractivity contribution in [1.82, 2.24) is 24.7 Å². The van der Waals surface area contributed by atoms with Gasteiger partial charge in [-0.2, -0.15) is 0 Å². The molecule has 0 aliphatic carbocycles. The summed E-state index contributed by atoms with van der Waals surface area (Å²) < 4.78 is 7.61. The van der Waals surface area contributed by atoms with Gasteiger partial charge in [0.05, 0.1) is 17.4 Å². The van der Waals surface area contributed by atoms with E-state index in [1.54, 1.807) is 17.6 Å². The minimum absolute atomic E-state index is 0.111. The van der Waals surface area contributed by atoms with E-state index in [9.17, 15) is 4.79 Å². The lowest BCUT2D eigenvalue weighted by Crippen LogP contribution is -2.11. The van der Waals surface area contributed by atoms with Gasteiger partial charge in [-0.15, -0.1) is 21.5 Å². The van der Waals surface area contributed by atoms with Gasteiger partial charge in [-0.05, 0) is 37.5 Å². The van der Waals surface area contributed by atoms with E-state index in [0.717, 1.165) is 32.5 Å². The summed E-state index contributed by atoms with van der Waals surface area (Å²) in [5, 5.41) is 10.2. The molecule has 0 amide bonds. The third-order valence-electron chi connectivity index (χ3n) is 5.47. The number of nitrogens with one attached hydrogen (secondary N) is 1. The van der Waals surface area contributed by atoms with Crippen molar-refractivity contribution in [2.24, 2.45) is 5.92 Å². The fraction of sp³-hybridized carbons (Fsp3) is 0.280. The van der Waals surface area contributed by atoms with Crippen LogP contribution in [0.5, 0.6) is 0 Å². The van der Waals surface area contributed by atoms with E-state index in [-0.39, 0.29) is 5.56 Å². The van der Waals surface area contributed by atoms with E-state index >= 15 is 0 Å². The lowest BCUT2D eigenvalue weighted by Gasteiger charge is -2.11. The van der Waals surface area contributed by atoms with Crippen LogP contribution >= 0.6 is 23.1 Å². The highest BCUT2D eigenvalue weighted by Gasteiger charge is 2.19. The molecule has 0 radical (unpaired) electrons. The predicted octanol–water partition coefficient (Wildman–Crippen LogP) is 6.07. The first-order chi connectivity index (χ1) is 16.4. The standard InChI is InChI=1S/C25H25N5O2S2/c1-14(2)12-30-22(18-6-5-11-32-18)28-29-25(30)33-13-19-26-23(31)21-20(16(4)34-24(21)27-19)17-9-7-15(3)8-10-17/h5-11,14H,12-13H2,1-4H3,(H,26,27,31). The number of thiophene rings is 1. The van der Waals surface area contributed by atoms with Gasteiger partial charge in [0.2, 0.25) is 0 Å². The number of aryl methyl sites for hydroxylation is 2. The quantitative estimate of drug-likeness (QED) is 0.278. The Bertz CT molecular complexity index is 1500. The topological polar surface area (TPSA) is 89.6 Å². The number of thioether (sulfide) groups is 1. The van der Waals surface area contributed by atoms with Crippen molar-refractivity contribution in [2.75, 3.05) is 0 Å². The molecule has 0 unspecified atom stereocenters. The Labute approximate surface area is 205 Å². The monoisotopic (exact) mass is 491 g/mol. The molecule has 0 bridgehead atoms. The van der Waals surface area contributed by atoms with Gasteiger partial charge in [-0.3, -0.25) is 9.36 Å². The molecule has 4 heterocycles. The lowest BCUT2D eigenvalue weighted by molar-refractivity contribution is 0.489. The summed E-state index contributed by atoms with van der Waals surface area (Å²) in [6.07, 6.45) is 1.63. The summed E-state index contributed by atoms with van der Waals surface area (Å²) in [6.45, 7) is 9.16. The fourth-order valence-electron chi connectivity index (χ4n) is 3.95. The molecule has 5 aromatic rings. The van der Waals surface area contributed by atoms with Crippen LogP contribution in [0, 0.1) is 19.8 Å². The van der Waals surface area contributed by atoms with Crippen molar-refractivity contribution >= 4 is 33.3 Å². The second-order valence-corrected chi connectivity index (χ2v) is 10.8. The number of rotatable bonds is 7. The highest BCUT2D eigenvalue weighted by molar-refractivity contribution is 7.98. The second kappa shape index (κ2) is 9.23. The fourth-order valence-corrected chi connectivity index (χ4v) is 5.83. The van der Waals surface area contributed by atoms with Crippen molar-refractivity contribution in [3.8, 4) is 22.7 Å². The van der Waals surface area contributed by atoms with Crippen LogP contribution in [0.2, 0.25) is 0 Å². The molecule has 7 nitrogen and oxygen atoms in total. The van der Waals surface area contributed by atoms with Crippen LogP contribution in [0.1, 0.15) is 30.1 Å². The highest BCUT2D eigenvalue weighted by Crippen LogP contribution is 2.36. The third kappa shape index (κ3) is 4.33. The van der Waals surface area contributed by atoms with E-state index in [2.05, 4.69) is 64.8 Å². The average molecular weight is 492 g/mol. The molecule has 5 rings (SSSR count). The molecule has 0 spiro atoms. The van der Waals surface area contributed by atoms with Gasteiger partial charge in [0.25, 0.3) is 5.56 Å². The van der Waals surface area contributed by atoms with E-state index in [0.29, 0.717) is 34.5 Å². The summed E-state index contributed by atoms with van der Waals surface area (Å²) in [4.78, 5) is 22.7. The molecule has 174 valence electrons. The Morgan fingerprint density at radius 3 is 2.65 bits per heavy atom. The molecule has 0 saturated carbocycles. The normalized spacial score (nSPS) is 11.7. The highest BCUT2D eigenvalue weighted by atomic mass is 32.2. The van der Waals surface area contributed by atoms with E-state index < -0.39 is 0 Å². The van der Waals surface area contributed by atoms with Crippen LogP contribution in [0.25, 0.3) is 32.9 Å². The summed E-state index contributed by atoms with van der Waals surface area (Å²) >= 11 is 3.06. The smallest absolute Gasteiger partial charge is 0.260 e. The Hall–Kier alpha value is -3.17. The molecule has 0 atom stereocenters. The van der Waals surface area contributed by atoms with Crippen molar-refractivity contribution in [3.63, 3.8) is 0 Å². The number of benzene rings is 1. The zero-order valence-electron chi connectivity index (χ0n) is 19.5. The number of nitrogens with zero attached hydrogens (tertiary/aromatic N) is 4. The molecule has 0 fully saturated rings. The Morgan fingerprint density at radius 2 is 1.94 bits per heavy atom. The molecule has 4 aromatic heterocycles. The zero-order chi connectivity index (χ0) is 23.8. The largest absolute Gasteiger partial charge is 0.461 e. The number of fused-ring (bicyclic) bond motifs is 1. The Kier molecular flexibility index (Phi) is 6.14. The van der Waals surface area contributed by atoms with Gasteiger partial charge in [0.1, 0.15) is 10.7 Å². The summed E-state index contributed by atoms with van der Waals surface area (Å²) in [5.74, 6) is 2.90. The van der Waals surface area contributed by atoms with Gasteiger partial charge < -0.3 is 9.40 Å². The summed E-state index contributed by atoms with van der Waals surface area (Å²) in [5.41, 5.74) is 3.08. The first-order valence-corrected chi connectivity index (χ1v) is 12.9. The molecule has 1 N–H and O–H groups in total. The number of aromatic amines is 1. The maximum absolute atomic E-state index is 13.1. The van der Waals surface area contributed by atoms with Crippen LogP contribution in [0.3, 0.4) is 0 Å². The van der Waals surface area contributed by atoms with Crippen LogP contribution in [0.4, 0.5) is 0 Å². The molecule has 1 aromatic carbocycles. The van der Waals surface area contributed by atoms with Gasteiger partial charge in [-0.25, -0.2) is 4.98 Å². The SMILES string of the molecule is Cc1ccc(-c2c(C)sc3nc(CSc4nnc(-c5ccco5)n4CC(C)C)[nH]c(=O)c23)cc1. The number of furan rings is 1. The first-order valence-electron chi connectivity index (χ1n) is 11.1. The lowest BCUT2D eigenvalue weighted by atomic mass is 10.0. The second-order valence-electron chi connectivity index (χ2n) is 8.67. The predicted molar refractivity (Wildman–Crippen MR) is 137 cm³/mol. The minimum atomic E-state index is -0.111. The summed E-state index contributed by atoms with van der Waals surface area (Å²) in [6, 6.07) is 12.0. The van der Waals surface area contributed by atoms with Crippen molar-refractivity contribution in [2.45, 2.75) is 45.1 Å². The number of hydrogen-bond acceptors (Lipinski definition) is 7. The third-order valence-corrected chi connectivity index (χ3v) is 7.45. The first kappa shape index (κ1) is 22.6. The van der Waals surface area contributed by atoms with Crippen LogP contribution in [0.15, 0.2) is 57.0 Å². The van der Waals surface area contributed by atoms with E-state index in [1.165, 1.54) is 17.3 Å². The molecule has 0 saturated heterocycles. The van der Waals surface area contributed by atoms with E-state index in [1.807, 2.05) is 19.1 Å². The molecular formula is C25H25N5O2S2. The molecule has 34 heavy (non-hydrogen) atoms. The Balaban J connectivity index is 1.46. The van der Waals surface area contributed by atoms with Crippen molar-refractivity contribution in [3.05, 3.63) is 69.3 Å². The van der Waals surface area contributed by atoms with Gasteiger partial charge in [0, 0.05) is 17.0 Å². The maximum Gasteiger partial charge on any atom is 0.260 e.